The van der Waals surface area contributed by atoms with Gasteiger partial charge in [-0.2, -0.15) is 0 Å². The molecule has 0 radical (unpaired) electrons. The van der Waals surface area contributed by atoms with Crippen LogP contribution in [0.15, 0.2) is 69.9 Å². The average Bonchev–Trinajstić information content (AvgIpc) is 3.15. The highest BCUT2D eigenvalue weighted by Crippen LogP contribution is 2.47. The summed E-state index contributed by atoms with van der Waals surface area (Å²) in [5, 5.41) is 2.37. The van der Waals surface area contributed by atoms with Crippen LogP contribution in [0.25, 0.3) is 0 Å². The number of aliphatic imine (C=N–C) groups is 1. The van der Waals surface area contributed by atoms with Gasteiger partial charge in [-0.05, 0) is 41.3 Å². The summed E-state index contributed by atoms with van der Waals surface area (Å²) in [6.07, 6.45) is 0.870. The molecule has 26 heavy (non-hydrogen) atoms. The summed E-state index contributed by atoms with van der Waals surface area (Å²) in [5.41, 5.74) is 3.40. The lowest BCUT2D eigenvalue weighted by Crippen LogP contribution is -2.04. The van der Waals surface area contributed by atoms with Gasteiger partial charge in [-0.15, -0.1) is 23.1 Å². The molecular weight excluding hydrogens is 362 g/mol. The Morgan fingerprint density at radius 3 is 2.58 bits per heavy atom. The highest BCUT2D eigenvalue weighted by Gasteiger charge is 2.23. The number of nitrogens with zero attached hydrogens (tertiary/aromatic N) is 1. The second-order valence-electron chi connectivity index (χ2n) is 5.93. The standard InChI is InChI=1S/C21H19NO2S2/c1-23-17-10-9-14(12-18(17)24-2)21-13-16(19-8-5-11-25-19)22-15-6-3-4-7-20(15)26-21/h3-12,21H,13H2,1-2H3/t21-/m1/s1. The van der Waals surface area contributed by atoms with Gasteiger partial charge in [0.1, 0.15) is 0 Å². The Morgan fingerprint density at radius 2 is 1.81 bits per heavy atom. The van der Waals surface area contributed by atoms with Crippen molar-refractivity contribution in [2.75, 3.05) is 14.2 Å². The molecule has 1 atom stereocenters. The Hall–Kier alpha value is -2.24. The number of rotatable bonds is 4. The molecule has 2 aromatic carbocycles. The monoisotopic (exact) mass is 381 g/mol. The van der Waals surface area contributed by atoms with Crippen molar-refractivity contribution in [1.82, 2.24) is 0 Å². The third-order valence-electron chi connectivity index (χ3n) is 4.35. The molecule has 0 fully saturated rings. The molecule has 0 saturated carbocycles. The van der Waals surface area contributed by atoms with Crippen molar-refractivity contribution in [2.24, 2.45) is 4.99 Å². The minimum absolute atomic E-state index is 0.263. The van der Waals surface area contributed by atoms with Gasteiger partial charge in [0.25, 0.3) is 0 Å². The largest absolute Gasteiger partial charge is 0.493 e. The minimum Gasteiger partial charge on any atom is -0.493 e. The van der Waals surface area contributed by atoms with Gasteiger partial charge < -0.3 is 9.47 Å². The molecule has 0 amide bonds. The van der Waals surface area contributed by atoms with Crippen LogP contribution in [-0.2, 0) is 0 Å². The number of thiophene rings is 1. The first-order valence-corrected chi connectivity index (χ1v) is 10.1. The van der Waals surface area contributed by atoms with E-state index in [0.29, 0.717) is 0 Å². The van der Waals surface area contributed by atoms with E-state index in [4.69, 9.17) is 14.5 Å². The quantitative estimate of drug-likeness (QED) is 0.545. The van der Waals surface area contributed by atoms with Gasteiger partial charge in [0.2, 0.25) is 0 Å². The van der Waals surface area contributed by atoms with E-state index in [9.17, 15) is 0 Å². The lowest BCUT2D eigenvalue weighted by atomic mass is 10.0. The van der Waals surface area contributed by atoms with Crippen molar-refractivity contribution in [3.8, 4) is 11.5 Å². The molecule has 1 aliphatic rings. The fourth-order valence-corrected chi connectivity index (χ4v) is 5.00. The van der Waals surface area contributed by atoms with E-state index in [2.05, 4.69) is 47.8 Å². The number of para-hydroxylation sites is 1. The van der Waals surface area contributed by atoms with Crippen molar-refractivity contribution in [3.63, 3.8) is 0 Å². The smallest absolute Gasteiger partial charge is 0.161 e. The number of methoxy groups -OCH3 is 2. The molecule has 4 rings (SSSR count). The molecule has 1 aliphatic heterocycles. The van der Waals surface area contributed by atoms with Crippen LogP contribution in [0.5, 0.6) is 11.5 Å². The van der Waals surface area contributed by atoms with Gasteiger partial charge in [-0.1, -0.05) is 24.3 Å². The molecule has 0 N–H and O–H groups in total. The highest BCUT2D eigenvalue weighted by molar-refractivity contribution is 7.99. The maximum Gasteiger partial charge on any atom is 0.161 e. The van der Waals surface area contributed by atoms with E-state index in [1.54, 1.807) is 25.6 Å². The van der Waals surface area contributed by atoms with Crippen LogP contribution >= 0.6 is 23.1 Å². The van der Waals surface area contributed by atoms with Crippen molar-refractivity contribution in [3.05, 3.63) is 70.4 Å². The summed E-state index contributed by atoms with van der Waals surface area (Å²) in [6.45, 7) is 0. The summed E-state index contributed by atoms with van der Waals surface area (Å²) in [5.74, 6) is 1.51. The number of hydrogen-bond acceptors (Lipinski definition) is 5. The van der Waals surface area contributed by atoms with E-state index in [1.165, 1.54) is 15.3 Å². The van der Waals surface area contributed by atoms with E-state index in [1.807, 2.05) is 23.9 Å². The Morgan fingerprint density at radius 1 is 0.962 bits per heavy atom. The minimum atomic E-state index is 0.263. The Bertz CT molecular complexity index is 935. The average molecular weight is 382 g/mol. The zero-order chi connectivity index (χ0) is 17.9. The van der Waals surface area contributed by atoms with Gasteiger partial charge in [-0.25, -0.2) is 0 Å². The summed E-state index contributed by atoms with van der Waals surface area (Å²) >= 11 is 3.60. The SMILES string of the molecule is COc1ccc([C@H]2CC(c3cccs3)=Nc3ccccc3S2)cc1OC. The molecule has 3 nitrogen and oxygen atoms in total. The summed E-state index contributed by atoms with van der Waals surface area (Å²) in [7, 11) is 3.34. The Balaban J connectivity index is 1.77. The molecule has 0 unspecified atom stereocenters. The Kier molecular flexibility index (Phi) is 5.00. The first kappa shape index (κ1) is 17.2. The zero-order valence-corrected chi connectivity index (χ0v) is 16.3. The van der Waals surface area contributed by atoms with E-state index in [0.717, 1.165) is 29.3 Å². The zero-order valence-electron chi connectivity index (χ0n) is 14.6. The molecular formula is C21H19NO2S2. The molecule has 0 bridgehead atoms. The molecule has 2 heterocycles. The Labute approximate surface area is 161 Å². The van der Waals surface area contributed by atoms with Crippen molar-refractivity contribution in [1.29, 1.82) is 0 Å². The summed E-state index contributed by atoms with van der Waals surface area (Å²) < 4.78 is 10.9. The van der Waals surface area contributed by atoms with Crippen LogP contribution in [0.4, 0.5) is 5.69 Å². The fourth-order valence-electron chi connectivity index (χ4n) is 3.05. The third-order valence-corrected chi connectivity index (χ3v) is 6.59. The topological polar surface area (TPSA) is 30.8 Å². The van der Waals surface area contributed by atoms with Gasteiger partial charge in [0.15, 0.2) is 11.5 Å². The predicted octanol–water partition coefficient (Wildman–Crippen LogP) is 6.12. The molecule has 0 spiro atoms. The maximum atomic E-state index is 5.51. The van der Waals surface area contributed by atoms with Crippen molar-refractivity contribution < 1.29 is 9.47 Å². The maximum absolute atomic E-state index is 5.51. The third kappa shape index (κ3) is 3.37. The number of thioether (sulfide) groups is 1. The van der Waals surface area contributed by atoms with Crippen LogP contribution in [0.1, 0.15) is 22.1 Å². The number of hydrogen-bond donors (Lipinski definition) is 0. The molecule has 3 aromatic rings. The van der Waals surface area contributed by atoms with Crippen LogP contribution in [0, 0.1) is 0 Å². The first-order valence-electron chi connectivity index (χ1n) is 8.37. The van der Waals surface area contributed by atoms with Crippen molar-refractivity contribution in [2.45, 2.75) is 16.6 Å². The van der Waals surface area contributed by atoms with E-state index >= 15 is 0 Å². The molecule has 0 saturated heterocycles. The fraction of sp³-hybridized carbons (Fsp3) is 0.190. The lowest BCUT2D eigenvalue weighted by Gasteiger charge is -2.17. The summed E-state index contributed by atoms with van der Waals surface area (Å²) in [6, 6.07) is 18.8. The molecule has 5 heteroatoms. The predicted molar refractivity (Wildman–Crippen MR) is 110 cm³/mol. The highest BCUT2D eigenvalue weighted by atomic mass is 32.2. The molecule has 0 aliphatic carbocycles. The molecule has 132 valence electrons. The van der Waals surface area contributed by atoms with Crippen LogP contribution in [0.3, 0.4) is 0 Å². The van der Waals surface area contributed by atoms with Crippen molar-refractivity contribution >= 4 is 34.5 Å². The number of fused-ring (bicyclic) bond motifs is 1. The second-order valence-corrected chi connectivity index (χ2v) is 8.12. The molecule has 1 aromatic heterocycles. The van der Waals surface area contributed by atoms with Gasteiger partial charge in [-0.3, -0.25) is 4.99 Å². The van der Waals surface area contributed by atoms with Crippen LogP contribution in [0.2, 0.25) is 0 Å². The van der Waals surface area contributed by atoms with Crippen LogP contribution in [-0.4, -0.2) is 19.9 Å². The first-order chi connectivity index (χ1) is 12.8. The number of ether oxygens (including phenoxy) is 2. The number of benzene rings is 2. The van der Waals surface area contributed by atoms with E-state index in [-0.39, 0.29) is 5.25 Å². The summed E-state index contributed by atoms with van der Waals surface area (Å²) in [4.78, 5) is 7.42. The lowest BCUT2D eigenvalue weighted by molar-refractivity contribution is 0.354. The van der Waals surface area contributed by atoms with Gasteiger partial charge in [0.05, 0.1) is 25.6 Å². The normalized spacial score (nSPS) is 16.4. The van der Waals surface area contributed by atoms with Crippen LogP contribution < -0.4 is 9.47 Å². The van der Waals surface area contributed by atoms with Gasteiger partial charge in [0, 0.05) is 21.4 Å². The van der Waals surface area contributed by atoms with Gasteiger partial charge >= 0.3 is 0 Å². The second kappa shape index (κ2) is 7.56. The van der Waals surface area contributed by atoms with E-state index < -0.39 is 0 Å².